The summed E-state index contributed by atoms with van der Waals surface area (Å²) in [7, 11) is 0. The van der Waals surface area contributed by atoms with E-state index in [4.69, 9.17) is 0 Å². The Kier molecular flexibility index (Phi) is 2.23. The molecule has 0 saturated carbocycles. The molecule has 0 spiro atoms. The highest BCUT2D eigenvalue weighted by Gasteiger charge is 2.11. The first-order valence-electron chi connectivity index (χ1n) is 4.96. The van der Waals surface area contributed by atoms with Gasteiger partial charge in [0.15, 0.2) is 5.78 Å². The zero-order valence-corrected chi connectivity index (χ0v) is 8.82. The number of nitrogens with zero attached hydrogens (tertiary/aromatic N) is 1. The van der Waals surface area contributed by atoms with Crippen molar-refractivity contribution in [1.82, 2.24) is 4.57 Å². The number of aromatic hydroxyl groups is 1. The van der Waals surface area contributed by atoms with E-state index in [2.05, 4.69) is 0 Å². The molecule has 0 atom stereocenters. The molecule has 0 amide bonds. The summed E-state index contributed by atoms with van der Waals surface area (Å²) in [5.74, 6) is 0.219. The van der Waals surface area contributed by atoms with Crippen molar-refractivity contribution < 1.29 is 9.90 Å². The Hall–Kier alpha value is -1.77. The van der Waals surface area contributed by atoms with Gasteiger partial charge in [-0.05, 0) is 32.0 Å². The van der Waals surface area contributed by atoms with Crippen LogP contribution in [0.2, 0.25) is 0 Å². The quantitative estimate of drug-likeness (QED) is 0.762. The number of phenolic OH excluding ortho intramolecular Hbond substituents is 1. The predicted octanol–water partition coefficient (Wildman–Crippen LogP) is 2.57. The van der Waals surface area contributed by atoms with Gasteiger partial charge in [-0.1, -0.05) is 0 Å². The van der Waals surface area contributed by atoms with E-state index < -0.39 is 0 Å². The number of carbonyl (C=O) groups is 1. The van der Waals surface area contributed by atoms with Gasteiger partial charge in [-0.15, -0.1) is 0 Å². The second-order valence-corrected chi connectivity index (χ2v) is 3.59. The molecule has 0 radical (unpaired) electrons. The maximum Gasteiger partial charge on any atom is 0.161 e. The molecule has 1 aromatic heterocycles. The van der Waals surface area contributed by atoms with Crippen LogP contribution in [0.3, 0.4) is 0 Å². The number of ketones is 1. The van der Waals surface area contributed by atoms with Crippen molar-refractivity contribution in [2.45, 2.75) is 20.4 Å². The van der Waals surface area contributed by atoms with Crippen molar-refractivity contribution in [3.8, 4) is 5.75 Å². The Morgan fingerprint density at radius 3 is 2.80 bits per heavy atom. The Labute approximate surface area is 87.9 Å². The van der Waals surface area contributed by atoms with E-state index >= 15 is 0 Å². The summed E-state index contributed by atoms with van der Waals surface area (Å²) in [4.78, 5) is 11.4. The van der Waals surface area contributed by atoms with Crippen LogP contribution in [0.1, 0.15) is 24.2 Å². The average molecular weight is 203 g/mol. The van der Waals surface area contributed by atoms with Gasteiger partial charge in [0.05, 0.1) is 0 Å². The largest absolute Gasteiger partial charge is 0.508 e. The van der Waals surface area contributed by atoms with Gasteiger partial charge in [-0.3, -0.25) is 4.79 Å². The molecule has 3 nitrogen and oxygen atoms in total. The van der Waals surface area contributed by atoms with E-state index in [0.717, 1.165) is 17.4 Å². The maximum absolute atomic E-state index is 11.4. The van der Waals surface area contributed by atoms with Gasteiger partial charge in [0.2, 0.25) is 0 Å². The minimum Gasteiger partial charge on any atom is -0.508 e. The standard InChI is InChI=1S/C12H13NO2/c1-3-13-7-11(8(2)14)10-6-9(15)4-5-12(10)13/h4-7,15H,3H2,1-2H3. The molecular weight excluding hydrogens is 190 g/mol. The Balaban J connectivity index is 2.81. The minimum absolute atomic E-state index is 0.0257. The van der Waals surface area contributed by atoms with E-state index in [1.165, 1.54) is 0 Å². The number of hydrogen-bond acceptors (Lipinski definition) is 2. The number of fused-ring (bicyclic) bond motifs is 1. The molecule has 2 aromatic rings. The fourth-order valence-corrected chi connectivity index (χ4v) is 1.83. The van der Waals surface area contributed by atoms with Crippen LogP contribution >= 0.6 is 0 Å². The summed E-state index contributed by atoms with van der Waals surface area (Å²) in [6.45, 7) is 4.38. The molecule has 78 valence electrons. The molecule has 3 heteroatoms. The number of aromatic nitrogens is 1. The summed E-state index contributed by atoms with van der Waals surface area (Å²) in [6, 6.07) is 5.11. The summed E-state index contributed by atoms with van der Waals surface area (Å²) in [5, 5.41) is 10.2. The van der Waals surface area contributed by atoms with E-state index in [0.29, 0.717) is 5.56 Å². The summed E-state index contributed by atoms with van der Waals surface area (Å²) < 4.78 is 2.01. The number of carbonyl (C=O) groups excluding carboxylic acids is 1. The Morgan fingerprint density at radius 2 is 2.20 bits per heavy atom. The number of Topliss-reactive ketones (excluding diaryl/α,β-unsaturated/α-hetero) is 1. The molecule has 1 heterocycles. The third-order valence-corrected chi connectivity index (χ3v) is 2.58. The van der Waals surface area contributed by atoms with Crippen molar-refractivity contribution in [1.29, 1.82) is 0 Å². The fraction of sp³-hybridized carbons (Fsp3) is 0.250. The third kappa shape index (κ3) is 1.50. The molecule has 0 aliphatic heterocycles. The molecule has 0 saturated heterocycles. The molecule has 1 N–H and O–H groups in total. The van der Waals surface area contributed by atoms with Crippen LogP contribution in [0.25, 0.3) is 10.9 Å². The highest BCUT2D eigenvalue weighted by molar-refractivity contribution is 6.07. The zero-order chi connectivity index (χ0) is 11.0. The maximum atomic E-state index is 11.4. The van der Waals surface area contributed by atoms with Crippen LogP contribution in [0.5, 0.6) is 5.75 Å². The van der Waals surface area contributed by atoms with E-state index in [-0.39, 0.29) is 11.5 Å². The van der Waals surface area contributed by atoms with Gasteiger partial charge in [-0.25, -0.2) is 0 Å². The van der Waals surface area contributed by atoms with Gasteiger partial charge in [0.1, 0.15) is 5.75 Å². The SMILES string of the molecule is CCn1cc(C(C)=O)c2cc(O)ccc21. The Bertz CT molecular complexity index is 526. The number of rotatable bonds is 2. The van der Waals surface area contributed by atoms with Crippen LogP contribution in [-0.2, 0) is 6.54 Å². The summed E-state index contributed by atoms with van der Waals surface area (Å²) in [6.07, 6.45) is 1.84. The molecule has 1 aromatic carbocycles. The smallest absolute Gasteiger partial charge is 0.161 e. The fourth-order valence-electron chi connectivity index (χ4n) is 1.83. The summed E-state index contributed by atoms with van der Waals surface area (Å²) >= 11 is 0. The molecule has 0 fully saturated rings. The first-order valence-corrected chi connectivity index (χ1v) is 4.96. The Morgan fingerprint density at radius 1 is 1.47 bits per heavy atom. The van der Waals surface area contributed by atoms with Crippen LogP contribution < -0.4 is 0 Å². The number of hydrogen-bond donors (Lipinski definition) is 1. The van der Waals surface area contributed by atoms with Gasteiger partial charge < -0.3 is 9.67 Å². The lowest BCUT2D eigenvalue weighted by atomic mass is 10.1. The number of benzene rings is 1. The monoisotopic (exact) mass is 203 g/mol. The highest BCUT2D eigenvalue weighted by Crippen LogP contribution is 2.25. The zero-order valence-electron chi connectivity index (χ0n) is 8.82. The van der Waals surface area contributed by atoms with E-state index in [1.807, 2.05) is 23.8 Å². The van der Waals surface area contributed by atoms with Crippen LogP contribution in [0.15, 0.2) is 24.4 Å². The number of aryl methyl sites for hydroxylation is 1. The van der Waals surface area contributed by atoms with Crippen LogP contribution in [-0.4, -0.2) is 15.5 Å². The van der Waals surface area contributed by atoms with Crippen molar-refractivity contribution in [3.05, 3.63) is 30.0 Å². The lowest BCUT2D eigenvalue weighted by Crippen LogP contribution is -1.91. The minimum atomic E-state index is 0.0257. The molecule has 0 bridgehead atoms. The van der Waals surface area contributed by atoms with Gasteiger partial charge in [0.25, 0.3) is 0 Å². The van der Waals surface area contributed by atoms with Crippen LogP contribution in [0.4, 0.5) is 0 Å². The second kappa shape index (κ2) is 3.42. The third-order valence-electron chi connectivity index (χ3n) is 2.58. The van der Waals surface area contributed by atoms with Gasteiger partial charge in [-0.2, -0.15) is 0 Å². The molecule has 2 rings (SSSR count). The van der Waals surface area contributed by atoms with E-state index in [1.54, 1.807) is 19.1 Å². The lowest BCUT2D eigenvalue weighted by molar-refractivity contribution is 0.101. The first kappa shape index (κ1) is 9.77. The van der Waals surface area contributed by atoms with Gasteiger partial charge >= 0.3 is 0 Å². The molecule has 0 aliphatic carbocycles. The highest BCUT2D eigenvalue weighted by atomic mass is 16.3. The second-order valence-electron chi connectivity index (χ2n) is 3.59. The first-order chi connectivity index (χ1) is 7.13. The average Bonchev–Trinajstić information content (AvgIpc) is 2.55. The van der Waals surface area contributed by atoms with Crippen molar-refractivity contribution in [3.63, 3.8) is 0 Å². The summed E-state index contributed by atoms with van der Waals surface area (Å²) in [5.41, 5.74) is 1.66. The normalized spacial score (nSPS) is 10.8. The predicted molar refractivity (Wildman–Crippen MR) is 59.3 cm³/mol. The molecule has 0 aliphatic rings. The van der Waals surface area contributed by atoms with Gasteiger partial charge in [0, 0.05) is 29.2 Å². The topological polar surface area (TPSA) is 42.2 Å². The molecule has 15 heavy (non-hydrogen) atoms. The molecular formula is C12H13NO2. The molecule has 0 unspecified atom stereocenters. The van der Waals surface area contributed by atoms with Crippen molar-refractivity contribution >= 4 is 16.7 Å². The lowest BCUT2D eigenvalue weighted by Gasteiger charge is -1.99. The van der Waals surface area contributed by atoms with Crippen molar-refractivity contribution in [2.75, 3.05) is 0 Å². The number of phenols is 1. The van der Waals surface area contributed by atoms with E-state index in [9.17, 15) is 9.90 Å². The van der Waals surface area contributed by atoms with Crippen molar-refractivity contribution in [2.24, 2.45) is 0 Å². The van der Waals surface area contributed by atoms with Crippen LogP contribution in [0, 0.1) is 0 Å².